The van der Waals surface area contributed by atoms with Crippen LogP contribution in [0.2, 0.25) is 5.02 Å². The van der Waals surface area contributed by atoms with E-state index in [0.717, 1.165) is 0 Å². The molecule has 3 rings (SSSR count). The first-order valence-corrected chi connectivity index (χ1v) is 6.37. The molecule has 4 heteroatoms. The van der Waals surface area contributed by atoms with Crippen molar-refractivity contribution < 1.29 is 4.42 Å². The van der Waals surface area contributed by atoms with E-state index < -0.39 is 0 Å². The van der Waals surface area contributed by atoms with Crippen LogP contribution in [0.25, 0.3) is 22.3 Å². The van der Waals surface area contributed by atoms with Crippen LogP contribution in [-0.4, -0.2) is 0 Å². The van der Waals surface area contributed by atoms with Crippen LogP contribution in [0.4, 0.5) is 0 Å². The van der Waals surface area contributed by atoms with E-state index in [4.69, 9.17) is 16.0 Å². The third-order valence-electron chi connectivity index (χ3n) is 2.97. The largest absolute Gasteiger partial charge is 0.452 e. The minimum absolute atomic E-state index is 0.0393. The fourth-order valence-electron chi connectivity index (χ4n) is 2.01. The van der Waals surface area contributed by atoms with Gasteiger partial charge in [-0.05, 0) is 24.3 Å². The average molecular weight is 285 g/mol. The SMILES string of the molecule is O=c1cc(-c2ccccc2Cl)oc2c(=O)ccccc12. The van der Waals surface area contributed by atoms with Gasteiger partial charge in [-0.3, -0.25) is 9.59 Å². The lowest BCUT2D eigenvalue weighted by Gasteiger charge is -2.03. The van der Waals surface area contributed by atoms with Crippen molar-refractivity contribution >= 4 is 22.6 Å². The molecular weight excluding hydrogens is 276 g/mol. The predicted octanol–water partition coefficient (Wildman–Crippen LogP) is 3.47. The molecule has 3 aromatic rings. The van der Waals surface area contributed by atoms with Crippen molar-refractivity contribution in [3.8, 4) is 11.3 Å². The van der Waals surface area contributed by atoms with Gasteiger partial charge >= 0.3 is 0 Å². The van der Waals surface area contributed by atoms with Crippen LogP contribution in [0, 0.1) is 0 Å². The monoisotopic (exact) mass is 284 g/mol. The molecule has 0 bridgehead atoms. The molecule has 0 aliphatic heterocycles. The van der Waals surface area contributed by atoms with Gasteiger partial charge in [0.2, 0.25) is 5.43 Å². The molecule has 0 unspecified atom stereocenters. The highest BCUT2D eigenvalue weighted by atomic mass is 35.5. The zero-order valence-corrected chi connectivity index (χ0v) is 11.1. The van der Waals surface area contributed by atoms with Gasteiger partial charge in [0.25, 0.3) is 0 Å². The number of benzene rings is 1. The molecular formula is C16H9ClO3. The fraction of sp³-hybridized carbons (Fsp3) is 0. The van der Waals surface area contributed by atoms with Crippen molar-refractivity contribution in [2.24, 2.45) is 0 Å². The lowest BCUT2D eigenvalue weighted by atomic mass is 10.1. The number of hydrogen-bond acceptors (Lipinski definition) is 3. The third kappa shape index (κ3) is 2.12. The highest BCUT2D eigenvalue weighted by Gasteiger charge is 2.10. The Morgan fingerprint density at radius 1 is 0.850 bits per heavy atom. The van der Waals surface area contributed by atoms with Crippen molar-refractivity contribution in [3.05, 3.63) is 80.1 Å². The van der Waals surface area contributed by atoms with Gasteiger partial charge in [-0.25, -0.2) is 0 Å². The van der Waals surface area contributed by atoms with E-state index in [1.54, 1.807) is 42.5 Å². The van der Waals surface area contributed by atoms with Gasteiger partial charge in [0.1, 0.15) is 5.76 Å². The van der Waals surface area contributed by atoms with Crippen molar-refractivity contribution in [2.75, 3.05) is 0 Å². The standard InChI is InChI=1S/C16H9ClO3/c17-12-7-3-1-5-10(12)15-9-14(19)11-6-2-4-8-13(18)16(11)20-15/h1-9H. The molecule has 0 saturated heterocycles. The second kappa shape index (κ2) is 4.94. The number of rotatable bonds is 1. The van der Waals surface area contributed by atoms with Crippen LogP contribution in [0.15, 0.2) is 68.6 Å². The molecule has 0 radical (unpaired) electrons. The fourth-order valence-corrected chi connectivity index (χ4v) is 2.24. The Morgan fingerprint density at radius 2 is 1.55 bits per heavy atom. The zero-order chi connectivity index (χ0) is 14.1. The van der Waals surface area contributed by atoms with Crippen LogP contribution >= 0.6 is 11.6 Å². The van der Waals surface area contributed by atoms with Crippen molar-refractivity contribution in [2.45, 2.75) is 0 Å². The number of hydrogen-bond donors (Lipinski definition) is 0. The van der Waals surface area contributed by atoms with Gasteiger partial charge in [0.15, 0.2) is 11.0 Å². The van der Waals surface area contributed by atoms with Gasteiger partial charge < -0.3 is 4.42 Å². The van der Waals surface area contributed by atoms with Gasteiger partial charge in [-0.15, -0.1) is 0 Å². The minimum Gasteiger partial charge on any atom is -0.452 e. The molecule has 0 saturated carbocycles. The Labute approximate surface area is 119 Å². The maximum Gasteiger partial charge on any atom is 0.221 e. The first-order chi connectivity index (χ1) is 9.66. The molecule has 0 spiro atoms. The second-order valence-electron chi connectivity index (χ2n) is 4.28. The summed E-state index contributed by atoms with van der Waals surface area (Å²) in [6.45, 7) is 0. The van der Waals surface area contributed by atoms with Crippen molar-refractivity contribution in [1.29, 1.82) is 0 Å². The molecule has 0 atom stereocenters. The summed E-state index contributed by atoms with van der Waals surface area (Å²) in [6.07, 6.45) is 0. The summed E-state index contributed by atoms with van der Waals surface area (Å²) in [5, 5.41) is 0.721. The van der Waals surface area contributed by atoms with Crippen LogP contribution < -0.4 is 10.9 Å². The first kappa shape index (κ1) is 12.6. The van der Waals surface area contributed by atoms with E-state index in [1.807, 2.05) is 0 Å². The first-order valence-electron chi connectivity index (χ1n) is 5.99. The number of halogens is 1. The van der Waals surface area contributed by atoms with E-state index in [1.165, 1.54) is 12.1 Å². The summed E-state index contributed by atoms with van der Waals surface area (Å²) in [7, 11) is 0. The van der Waals surface area contributed by atoms with E-state index in [0.29, 0.717) is 10.6 Å². The summed E-state index contributed by atoms with van der Waals surface area (Å²) < 4.78 is 5.60. The normalized spacial score (nSPS) is 10.7. The van der Waals surface area contributed by atoms with Gasteiger partial charge in [-0.2, -0.15) is 0 Å². The highest BCUT2D eigenvalue weighted by molar-refractivity contribution is 6.33. The van der Waals surface area contributed by atoms with Gasteiger partial charge in [0, 0.05) is 11.6 Å². The molecule has 0 aliphatic rings. The summed E-state index contributed by atoms with van der Waals surface area (Å²) >= 11 is 6.09. The summed E-state index contributed by atoms with van der Waals surface area (Å²) in [4.78, 5) is 24.1. The van der Waals surface area contributed by atoms with Gasteiger partial charge in [0.05, 0.1) is 10.4 Å². The quantitative estimate of drug-likeness (QED) is 0.687. The lowest BCUT2D eigenvalue weighted by Crippen LogP contribution is -2.05. The maximum atomic E-state index is 12.1. The van der Waals surface area contributed by atoms with Crippen molar-refractivity contribution in [3.63, 3.8) is 0 Å². The molecule has 2 aromatic carbocycles. The molecule has 0 amide bonds. The summed E-state index contributed by atoms with van der Waals surface area (Å²) in [5.74, 6) is 0.288. The molecule has 20 heavy (non-hydrogen) atoms. The van der Waals surface area contributed by atoms with E-state index >= 15 is 0 Å². The summed E-state index contributed by atoms with van der Waals surface area (Å²) in [5.41, 5.74) is 0.0157. The number of fused-ring (bicyclic) bond motifs is 1. The second-order valence-corrected chi connectivity index (χ2v) is 4.69. The third-order valence-corrected chi connectivity index (χ3v) is 3.30. The molecule has 1 aromatic heterocycles. The Kier molecular flexibility index (Phi) is 3.12. The van der Waals surface area contributed by atoms with Crippen LogP contribution in [0.5, 0.6) is 0 Å². The molecule has 1 heterocycles. The van der Waals surface area contributed by atoms with E-state index in [2.05, 4.69) is 0 Å². The molecule has 0 fully saturated rings. The molecule has 0 aliphatic carbocycles. The topological polar surface area (TPSA) is 47.3 Å². The lowest BCUT2D eigenvalue weighted by molar-refractivity contribution is 0.616. The van der Waals surface area contributed by atoms with Crippen LogP contribution in [0.3, 0.4) is 0 Å². The smallest absolute Gasteiger partial charge is 0.221 e. The predicted molar refractivity (Wildman–Crippen MR) is 79.2 cm³/mol. The van der Waals surface area contributed by atoms with Crippen LogP contribution in [-0.2, 0) is 0 Å². The average Bonchev–Trinajstić information content (AvgIpc) is 2.62. The zero-order valence-electron chi connectivity index (χ0n) is 10.3. The highest BCUT2D eigenvalue weighted by Crippen LogP contribution is 2.27. The van der Waals surface area contributed by atoms with E-state index in [9.17, 15) is 9.59 Å². The molecule has 0 N–H and O–H groups in total. The maximum absolute atomic E-state index is 12.1. The Hall–Kier alpha value is -2.39. The minimum atomic E-state index is -0.337. The Balaban J connectivity index is 2.43. The van der Waals surface area contributed by atoms with Crippen molar-refractivity contribution in [1.82, 2.24) is 0 Å². The van der Waals surface area contributed by atoms with Crippen LogP contribution in [0.1, 0.15) is 0 Å². The van der Waals surface area contributed by atoms with Gasteiger partial charge in [-0.1, -0.05) is 35.9 Å². The Morgan fingerprint density at radius 3 is 2.35 bits per heavy atom. The van der Waals surface area contributed by atoms with E-state index in [-0.39, 0.29) is 27.6 Å². The molecule has 98 valence electrons. The molecule has 3 nitrogen and oxygen atoms in total. The summed E-state index contributed by atoms with van der Waals surface area (Å²) in [6, 6.07) is 14.5. The Bertz CT molecular complexity index is 913.